The number of benzene rings is 6. The second-order valence-corrected chi connectivity index (χ2v) is 13.6. The molecule has 7 rings (SSSR count). The van der Waals surface area contributed by atoms with Gasteiger partial charge in [-0.15, -0.1) is 0 Å². The molecule has 258 valence electrons. The molecular weight excluding hydrogens is 625 g/mol. The third-order valence-corrected chi connectivity index (χ3v) is 10.4. The highest BCUT2D eigenvalue weighted by atomic mass is 16.5. The van der Waals surface area contributed by atoms with Crippen LogP contribution < -0.4 is 20.9 Å². The first-order valence-electron chi connectivity index (χ1n) is 18.4. The van der Waals surface area contributed by atoms with Gasteiger partial charge in [0.15, 0.2) is 0 Å². The van der Waals surface area contributed by atoms with Crippen molar-refractivity contribution in [1.82, 2.24) is 0 Å². The molecule has 0 unspecified atom stereocenters. The number of nitrogens with two attached hydrogens (primary N) is 2. The lowest BCUT2D eigenvalue weighted by molar-refractivity contribution is 0.308. The monoisotopic (exact) mass is 672 g/mol. The molecule has 4 N–H and O–H groups in total. The summed E-state index contributed by atoms with van der Waals surface area (Å²) in [5.74, 6) is 1.87. The fourth-order valence-electron chi connectivity index (χ4n) is 7.82. The standard InChI is InChI=1S/C47H48N2O2/c1-3-35-31-39(48)25-27-45(35)50-29-9-11-33-17-21-37(22-18-33)47(43-15-7-5-13-41(43)42-14-6-8-16-44(42)47)38-23-19-34(20-24-38)12-10-30-51-46-28-26-40(49)32-36(46)4-2/h5-8,13-28,31-32H,3-4,9-12,29-30,48-49H2,1-2H3. The van der Waals surface area contributed by atoms with E-state index in [1.54, 1.807) is 0 Å². The predicted molar refractivity (Wildman–Crippen MR) is 212 cm³/mol. The smallest absolute Gasteiger partial charge is 0.122 e. The molecule has 6 aromatic rings. The first kappa shape index (κ1) is 34.0. The van der Waals surface area contributed by atoms with Crippen molar-refractivity contribution in [2.24, 2.45) is 0 Å². The van der Waals surface area contributed by atoms with Crippen LogP contribution in [-0.2, 0) is 31.1 Å². The second kappa shape index (κ2) is 15.2. The van der Waals surface area contributed by atoms with Crippen molar-refractivity contribution in [3.63, 3.8) is 0 Å². The summed E-state index contributed by atoms with van der Waals surface area (Å²) < 4.78 is 12.3. The van der Waals surface area contributed by atoms with Crippen LogP contribution in [0.4, 0.5) is 11.4 Å². The molecule has 0 radical (unpaired) electrons. The van der Waals surface area contributed by atoms with Crippen LogP contribution in [0.1, 0.15) is 71.2 Å². The van der Waals surface area contributed by atoms with Gasteiger partial charge in [0.25, 0.3) is 0 Å². The Balaban J connectivity index is 1.11. The molecule has 0 fully saturated rings. The minimum absolute atomic E-state index is 0.409. The van der Waals surface area contributed by atoms with Gasteiger partial charge in [0.1, 0.15) is 11.5 Å². The van der Waals surface area contributed by atoms with E-state index >= 15 is 0 Å². The Morgan fingerprint density at radius 3 is 1.31 bits per heavy atom. The van der Waals surface area contributed by atoms with Crippen molar-refractivity contribution >= 4 is 11.4 Å². The summed E-state index contributed by atoms with van der Waals surface area (Å²) in [6, 6.07) is 48.3. The summed E-state index contributed by atoms with van der Waals surface area (Å²) in [4.78, 5) is 0. The fourth-order valence-corrected chi connectivity index (χ4v) is 7.82. The molecule has 0 saturated carbocycles. The Kier molecular flexibility index (Phi) is 10.1. The van der Waals surface area contributed by atoms with Crippen molar-refractivity contribution in [3.05, 3.63) is 178 Å². The van der Waals surface area contributed by atoms with Crippen LogP contribution in [0.3, 0.4) is 0 Å². The van der Waals surface area contributed by atoms with Crippen molar-refractivity contribution in [1.29, 1.82) is 0 Å². The van der Waals surface area contributed by atoms with Gasteiger partial charge in [0.05, 0.1) is 18.6 Å². The highest BCUT2D eigenvalue weighted by Crippen LogP contribution is 2.56. The zero-order valence-electron chi connectivity index (χ0n) is 29.8. The van der Waals surface area contributed by atoms with Crippen molar-refractivity contribution in [2.45, 2.75) is 57.8 Å². The van der Waals surface area contributed by atoms with Crippen molar-refractivity contribution < 1.29 is 9.47 Å². The maximum absolute atomic E-state index is 6.17. The van der Waals surface area contributed by atoms with Gasteiger partial charge in [-0.1, -0.05) is 111 Å². The van der Waals surface area contributed by atoms with E-state index in [2.05, 4.69) is 111 Å². The summed E-state index contributed by atoms with van der Waals surface area (Å²) in [5.41, 5.74) is 25.9. The van der Waals surface area contributed by atoms with Crippen LogP contribution in [-0.4, -0.2) is 13.2 Å². The molecule has 0 atom stereocenters. The van der Waals surface area contributed by atoms with Crippen molar-refractivity contribution in [3.8, 4) is 22.6 Å². The van der Waals surface area contributed by atoms with E-state index in [1.807, 2.05) is 36.4 Å². The number of nitrogen functional groups attached to an aromatic ring is 2. The number of ether oxygens (including phenoxy) is 2. The van der Waals surface area contributed by atoms with Crippen LogP contribution in [0.25, 0.3) is 11.1 Å². The summed E-state index contributed by atoms with van der Waals surface area (Å²) >= 11 is 0. The van der Waals surface area contributed by atoms with Crippen LogP contribution in [0.5, 0.6) is 11.5 Å². The van der Waals surface area contributed by atoms with Crippen LogP contribution >= 0.6 is 0 Å². The van der Waals surface area contributed by atoms with E-state index in [-0.39, 0.29) is 0 Å². The van der Waals surface area contributed by atoms with E-state index in [0.29, 0.717) is 13.2 Å². The van der Waals surface area contributed by atoms with Gasteiger partial charge in [0, 0.05) is 11.4 Å². The van der Waals surface area contributed by atoms with E-state index in [1.165, 1.54) is 44.5 Å². The maximum Gasteiger partial charge on any atom is 0.122 e. The number of hydrogen-bond acceptors (Lipinski definition) is 4. The topological polar surface area (TPSA) is 70.5 Å². The first-order chi connectivity index (χ1) is 25.0. The summed E-state index contributed by atoms with van der Waals surface area (Å²) in [6.45, 7) is 5.61. The molecule has 4 heteroatoms. The third kappa shape index (κ3) is 6.83. The molecule has 1 aliphatic rings. The van der Waals surface area contributed by atoms with Gasteiger partial charge >= 0.3 is 0 Å². The molecule has 0 amide bonds. The Hall–Kier alpha value is -5.48. The van der Waals surface area contributed by atoms with E-state index in [4.69, 9.17) is 20.9 Å². The molecule has 0 saturated heterocycles. The molecule has 0 aromatic heterocycles. The molecule has 0 aliphatic heterocycles. The van der Waals surface area contributed by atoms with E-state index < -0.39 is 5.41 Å². The summed E-state index contributed by atoms with van der Waals surface area (Å²) in [5, 5.41) is 0. The van der Waals surface area contributed by atoms with E-state index in [9.17, 15) is 0 Å². The minimum atomic E-state index is -0.409. The maximum atomic E-state index is 6.17. The highest BCUT2D eigenvalue weighted by molar-refractivity contribution is 5.86. The van der Waals surface area contributed by atoms with Gasteiger partial charge in [0.2, 0.25) is 0 Å². The van der Waals surface area contributed by atoms with Gasteiger partial charge in [-0.05, 0) is 131 Å². The van der Waals surface area contributed by atoms with Gasteiger partial charge < -0.3 is 20.9 Å². The largest absolute Gasteiger partial charge is 0.493 e. The highest BCUT2D eigenvalue weighted by Gasteiger charge is 2.45. The lowest BCUT2D eigenvalue weighted by Crippen LogP contribution is -2.28. The average molecular weight is 673 g/mol. The number of hydrogen-bond donors (Lipinski definition) is 2. The zero-order chi connectivity index (χ0) is 35.2. The summed E-state index contributed by atoms with van der Waals surface area (Å²) in [6.07, 6.45) is 5.59. The van der Waals surface area contributed by atoms with Crippen LogP contribution in [0, 0.1) is 0 Å². The van der Waals surface area contributed by atoms with Gasteiger partial charge in [-0.3, -0.25) is 0 Å². The molecule has 4 nitrogen and oxygen atoms in total. The van der Waals surface area contributed by atoms with Gasteiger partial charge in [-0.2, -0.15) is 0 Å². The van der Waals surface area contributed by atoms with E-state index in [0.717, 1.165) is 72.5 Å². The Morgan fingerprint density at radius 2 is 0.902 bits per heavy atom. The molecule has 0 spiro atoms. The van der Waals surface area contributed by atoms with Gasteiger partial charge in [-0.25, -0.2) is 0 Å². The normalized spacial score (nSPS) is 12.7. The summed E-state index contributed by atoms with van der Waals surface area (Å²) in [7, 11) is 0. The predicted octanol–water partition coefficient (Wildman–Crippen LogP) is 10.4. The Labute approximate surface area is 303 Å². The molecule has 1 aliphatic carbocycles. The molecule has 0 bridgehead atoms. The molecule has 51 heavy (non-hydrogen) atoms. The Morgan fingerprint density at radius 1 is 0.490 bits per heavy atom. The molecular formula is C47H48N2O2. The second-order valence-electron chi connectivity index (χ2n) is 13.6. The quantitative estimate of drug-likeness (QED) is 0.0891. The molecule has 0 heterocycles. The lowest BCUT2D eigenvalue weighted by Gasteiger charge is -2.34. The van der Waals surface area contributed by atoms with Crippen LogP contribution in [0.15, 0.2) is 133 Å². The van der Waals surface area contributed by atoms with Crippen LogP contribution in [0.2, 0.25) is 0 Å². The van der Waals surface area contributed by atoms with Crippen molar-refractivity contribution in [2.75, 3.05) is 24.7 Å². The Bertz CT molecular complexity index is 1950. The molecule has 6 aromatic carbocycles. The lowest BCUT2D eigenvalue weighted by atomic mass is 9.67. The first-order valence-corrected chi connectivity index (χ1v) is 18.4. The third-order valence-electron chi connectivity index (χ3n) is 10.4. The number of aryl methyl sites for hydroxylation is 4. The zero-order valence-corrected chi connectivity index (χ0v) is 29.8. The minimum Gasteiger partial charge on any atom is -0.493 e. The number of fused-ring (bicyclic) bond motifs is 3. The number of anilines is 2. The number of rotatable bonds is 14. The fraction of sp³-hybridized carbons (Fsp3) is 0.234. The SMILES string of the molecule is CCc1cc(N)ccc1OCCCc1ccc(C2(c3ccc(CCCOc4ccc(N)cc4CC)cc3)c3ccccc3-c3ccccc32)cc1. The average Bonchev–Trinajstić information content (AvgIpc) is 3.47.